The molecule has 0 aliphatic heterocycles. The zero-order chi connectivity index (χ0) is 10.6. The van der Waals surface area contributed by atoms with E-state index >= 15 is 0 Å². The Hall–Kier alpha value is -0.450. The highest BCUT2D eigenvalue weighted by Gasteiger charge is 2.27. The van der Waals surface area contributed by atoms with Gasteiger partial charge in [0.25, 0.3) is 0 Å². The molecule has 0 bridgehead atoms. The van der Waals surface area contributed by atoms with Crippen LogP contribution < -0.4 is 5.73 Å². The molecule has 0 radical (unpaired) electrons. The second-order valence-corrected chi connectivity index (χ2v) is 5.35. The minimum absolute atomic E-state index is 0.0665. The van der Waals surface area contributed by atoms with Gasteiger partial charge < -0.3 is 10.5 Å². The molecule has 1 fully saturated rings. The van der Waals surface area contributed by atoms with Gasteiger partial charge in [-0.05, 0) is 12.8 Å². The Labute approximate surface area is 94.7 Å². The minimum Gasteiger partial charge on any atom is -0.374 e. The molecule has 1 saturated carbocycles. The topological polar surface area (TPSA) is 48.1 Å². The van der Waals surface area contributed by atoms with E-state index in [0.29, 0.717) is 13.2 Å². The third-order valence-electron chi connectivity index (χ3n) is 2.97. The molecule has 1 aromatic rings. The molecular formula is C11H18N2OS. The van der Waals surface area contributed by atoms with E-state index in [1.165, 1.54) is 24.1 Å². The lowest BCUT2D eigenvalue weighted by molar-refractivity contribution is 0.0587. The van der Waals surface area contributed by atoms with Crippen molar-refractivity contribution >= 4 is 11.3 Å². The molecule has 2 N–H and O–H groups in total. The van der Waals surface area contributed by atoms with Crippen LogP contribution in [0.25, 0.3) is 0 Å². The molecule has 1 heterocycles. The fourth-order valence-corrected chi connectivity index (χ4v) is 2.60. The van der Waals surface area contributed by atoms with E-state index in [0.717, 1.165) is 12.8 Å². The Balaban J connectivity index is 1.72. The molecule has 0 saturated heterocycles. The van der Waals surface area contributed by atoms with Crippen molar-refractivity contribution in [2.45, 2.75) is 44.2 Å². The number of ether oxygens (including phenoxy) is 1. The van der Waals surface area contributed by atoms with Gasteiger partial charge in [-0.3, -0.25) is 4.98 Å². The number of nitrogens with two attached hydrogens (primary N) is 1. The molecule has 2 rings (SSSR count). The summed E-state index contributed by atoms with van der Waals surface area (Å²) in [7, 11) is 0. The Morgan fingerprint density at radius 1 is 1.40 bits per heavy atom. The van der Waals surface area contributed by atoms with Crippen LogP contribution in [0.5, 0.6) is 0 Å². The minimum atomic E-state index is -0.0665. The number of nitrogens with zero attached hydrogens (tertiary/aromatic N) is 1. The summed E-state index contributed by atoms with van der Waals surface area (Å²) in [5.41, 5.74) is 8.03. The maximum atomic E-state index is 6.26. The van der Waals surface area contributed by atoms with E-state index in [1.54, 1.807) is 11.3 Å². The van der Waals surface area contributed by atoms with Gasteiger partial charge in [-0.2, -0.15) is 0 Å². The molecular weight excluding hydrogens is 208 g/mol. The van der Waals surface area contributed by atoms with Gasteiger partial charge in [0.05, 0.1) is 23.6 Å². The molecule has 15 heavy (non-hydrogen) atoms. The third-order valence-corrected chi connectivity index (χ3v) is 3.72. The van der Waals surface area contributed by atoms with Crippen molar-refractivity contribution in [2.24, 2.45) is 5.73 Å². The molecule has 0 aromatic carbocycles. The molecule has 0 spiro atoms. The van der Waals surface area contributed by atoms with Gasteiger partial charge in [0.2, 0.25) is 0 Å². The molecule has 0 amide bonds. The average molecular weight is 226 g/mol. The predicted octanol–water partition coefficient (Wildman–Crippen LogP) is 2.32. The Bertz CT molecular complexity index is 281. The summed E-state index contributed by atoms with van der Waals surface area (Å²) in [5, 5.41) is 0. The standard InChI is InChI=1S/C11H18N2OS/c12-11(4-2-1-3-5-11)8-14-7-10-6-13-9-15-10/h6,9H,1-5,7-8,12H2. The molecule has 0 unspecified atom stereocenters. The van der Waals surface area contributed by atoms with Crippen molar-refractivity contribution in [3.63, 3.8) is 0 Å². The summed E-state index contributed by atoms with van der Waals surface area (Å²) in [6.07, 6.45) is 7.90. The molecule has 3 nitrogen and oxygen atoms in total. The van der Waals surface area contributed by atoms with E-state index in [1.807, 2.05) is 11.7 Å². The van der Waals surface area contributed by atoms with Crippen LogP contribution in [0, 0.1) is 0 Å². The van der Waals surface area contributed by atoms with E-state index in [-0.39, 0.29) is 5.54 Å². The number of aromatic nitrogens is 1. The predicted molar refractivity (Wildman–Crippen MR) is 61.8 cm³/mol. The molecule has 0 atom stereocenters. The van der Waals surface area contributed by atoms with Crippen LogP contribution in [0.2, 0.25) is 0 Å². The summed E-state index contributed by atoms with van der Waals surface area (Å²) >= 11 is 1.63. The second-order valence-electron chi connectivity index (χ2n) is 4.38. The van der Waals surface area contributed by atoms with Crippen LogP contribution in [0.4, 0.5) is 0 Å². The summed E-state index contributed by atoms with van der Waals surface area (Å²) < 4.78 is 5.67. The maximum Gasteiger partial charge on any atom is 0.0826 e. The summed E-state index contributed by atoms with van der Waals surface area (Å²) in [6.45, 7) is 1.34. The van der Waals surface area contributed by atoms with Crippen LogP contribution in [0.1, 0.15) is 37.0 Å². The van der Waals surface area contributed by atoms with E-state index < -0.39 is 0 Å². The third kappa shape index (κ3) is 3.26. The highest BCUT2D eigenvalue weighted by Crippen LogP contribution is 2.26. The Morgan fingerprint density at radius 2 is 2.20 bits per heavy atom. The number of hydrogen-bond donors (Lipinski definition) is 1. The monoisotopic (exact) mass is 226 g/mol. The van der Waals surface area contributed by atoms with Crippen LogP contribution in [0.3, 0.4) is 0 Å². The second kappa shape index (κ2) is 5.05. The van der Waals surface area contributed by atoms with Gasteiger partial charge in [-0.25, -0.2) is 0 Å². The number of thiazole rings is 1. The van der Waals surface area contributed by atoms with Crippen molar-refractivity contribution in [3.05, 3.63) is 16.6 Å². The number of rotatable bonds is 4. The summed E-state index contributed by atoms with van der Waals surface area (Å²) in [6, 6.07) is 0. The first-order valence-corrected chi connectivity index (χ1v) is 6.40. The zero-order valence-corrected chi connectivity index (χ0v) is 9.76. The Morgan fingerprint density at radius 3 is 2.87 bits per heavy atom. The van der Waals surface area contributed by atoms with Crippen molar-refractivity contribution in [3.8, 4) is 0 Å². The van der Waals surface area contributed by atoms with Gasteiger partial charge in [0, 0.05) is 11.7 Å². The summed E-state index contributed by atoms with van der Waals surface area (Å²) in [5.74, 6) is 0. The van der Waals surface area contributed by atoms with Gasteiger partial charge in [-0.1, -0.05) is 19.3 Å². The quantitative estimate of drug-likeness (QED) is 0.857. The largest absolute Gasteiger partial charge is 0.374 e. The highest BCUT2D eigenvalue weighted by molar-refractivity contribution is 7.09. The van der Waals surface area contributed by atoms with Crippen molar-refractivity contribution < 1.29 is 4.74 Å². The zero-order valence-electron chi connectivity index (χ0n) is 8.95. The molecule has 1 aliphatic rings. The van der Waals surface area contributed by atoms with Gasteiger partial charge in [0.1, 0.15) is 0 Å². The SMILES string of the molecule is NC1(COCc2cncs2)CCCCC1. The Kier molecular flexibility index (Phi) is 3.72. The molecule has 1 aromatic heterocycles. The first-order chi connectivity index (χ1) is 7.29. The first-order valence-electron chi connectivity index (χ1n) is 5.53. The van der Waals surface area contributed by atoms with E-state index in [4.69, 9.17) is 10.5 Å². The fourth-order valence-electron chi connectivity index (χ4n) is 2.07. The van der Waals surface area contributed by atoms with Gasteiger partial charge in [0.15, 0.2) is 0 Å². The summed E-state index contributed by atoms with van der Waals surface area (Å²) in [4.78, 5) is 5.19. The van der Waals surface area contributed by atoms with Crippen LogP contribution in [-0.4, -0.2) is 17.1 Å². The lowest BCUT2D eigenvalue weighted by Crippen LogP contribution is -2.46. The fraction of sp³-hybridized carbons (Fsp3) is 0.727. The van der Waals surface area contributed by atoms with Crippen molar-refractivity contribution in [1.82, 2.24) is 4.98 Å². The van der Waals surface area contributed by atoms with Crippen LogP contribution >= 0.6 is 11.3 Å². The lowest BCUT2D eigenvalue weighted by atomic mass is 9.83. The van der Waals surface area contributed by atoms with Gasteiger partial charge in [-0.15, -0.1) is 11.3 Å². The van der Waals surface area contributed by atoms with E-state index in [2.05, 4.69) is 4.98 Å². The lowest BCUT2D eigenvalue weighted by Gasteiger charge is -2.32. The first kappa shape index (κ1) is 11.0. The normalized spacial score (nSPS) is 20.3. The van der Waals surface area contributed by atoms with Crippen LogP contribution in [0.15, 0.2) is 11.7 Å². The molecule has 4 heteroatoms. The highest BCUT2D eigenvalue weighted by atomic mass is 32.1. The maximum absolute atomic E-state index is 6.26. The van der Waals surface area contributed by atoms with Gasteiger partial charge >= 0.3 is 0 Å². The smallest absolute Gasteiger partial charge is 0.0826 e. The van der Waals surface area contributed by atoms with E-state index in [9.17, 15) is 0 Å². The van der Waals surface area contributed by atoms with Crippen molar-refractivity contribution in [1.29, 1.82) is 0 Å². The number of hydrogen-bond acceptors (Lipinski definition) is 4. The molecule has 1 aliphatic carbocycles. The molecule has 84 valence electrons. The van der Waals surface area contributed by atoms with Crippen molar-refractivity contribution in [2.75, 3.05) is 6.61 Å². The average Bonchev–Trinajstić information content (AvgIpc) is 2.71. The van der Waals surface area contributed by atoms with Crippen LogP contribution in [-0.2, 0) is 11.3 Å².